The molecule has 31 heavy (non-hydrogen) atoms. The largest absolute Gasteiger partial charge is 0.378 e. The van der Waals surface area contributed by atoms with Gasteiger partial charge in [0, 0.05) is 38.0 Å². The van der Waals surface area contributed by atoms with E-state index in [0.29, 0.717) is 5.56 Å². The van der Waals surface area contributed by atoms with Crippen molar-refractivity contribution in [1.82, 2.24) is 4.57 Å². The summed E-state index contributed by atoms with van der Waals surface area (Å²) in [7, 11) is 0.748. The van der Waals surface area contributed by atoms with Crippen molar-refractivity contribution in [2.45, 2.75) is 45.6 Å². The highest BCUT2D eigenvalue weighted by Gasteiger charge is 2.11. The summed E-state index contributed by atoms with van der Waals surface area (Å²) in [6, 6.07) is 15.8. The highest BCUT2D eigenvalue weighted by molar-refractivity contribution is 7.84. The molecular weight excluding hydrogens is 406 g/mol. The lowest BCUT2D eigenvalue weighted by Gasteiger charge is -2.23. The molecule has 0 bridgehead atoms. The fourth-order valence-corrected chi connectivity index (χ4v) is 4.40. The Bertz CT molecular complexity index is 1060. The van der Waals surface area contributed by atoms with E-state index in [-0.39, 0.29) is 11.6 Å². The third-order valence-electron chi connectivity index (χ3n) is 5.41. The molecule has 5 nitrogen and oxygen atoms in total. The Hall–Kier alpha value is -2.60. The van der Waals surface area contributed by atoms with Crippen molar-refractivity contribution >= 4 is 22.3 Å². The number of para-hydroxylation sites is 1. The smallest absolute Gasteiger partial charge is 0.254 e. The highest BCUT2D eigenvalue weighted by atomic mass is 32.2. The number of hydrogen-bond donors (Lipinski definition) is 1. The van der Waals surface area contributed by atoms with E-state index in [2.05, 4.69) is 43.1 Å². The lowest BCUT2D eigenvalue weighted by molar-refractivity contribution is 0.686. The molecule has 2 atom stereocenters. The number of hydrogen-bond acceptors (Lipinski definition) is 4. The first-order valence-corrected chi connectivity index (χ1v) is 12.3. The van der Waals surface area contributed by atoms with Crippen LogP contribution in [0.1, 0.15) is 43.5 Å². The van der Waals surface area contributed by atoms with Gasteiger partial charge in [0.05, 0.1) is 21.4 Å². The number of rotatable bonds is 7. The van der Waals surface area contributed by atoms with Crippen LogP contribution in [0.2, 0.25) is 0 Å². The summed E-state index contributed by atoms with van der Waals surface area (Å²) in [4.78, 5) is 15.9. The molecule has 1 aromatic heterocycles. The molecule has 1 heterocycles. The quantitative estimate of drug-likeness (QED) is 0.665. The Morgan fingerprint density at radius 1 is 1.06 bits per heavy atom. The molecule has 0 saturated carbocycles. The molecule has 0 fully saturated rings. The Morgan fingerprint density at radius 2 is 1.71 bits per heavy atom. The molecule has 0 spiro atoms. The second-order valence-corrected chi connectivity index (χ2v) is 9.11. The van der Waals surface area contributed by atoms with E-state index in [9.17, 15) is 9.00 Å². The van der Waals surface area contributed by atoms with Crippen LogP contribution in [0.4, 0.5) is 11.5 Å². The van der Waals surface area contributed by atoms with Crippen molar-refractivity contribution in [3.8, 4) is 0 Å². The molecule has 2 unspecified atom stereocenters. The minimum absolute atomic E-state index is 0.00623. The van der Waals surface area contributed by atoms with Gasteiger partial charge in [-0.15, -0.1) is 0 Å². The molecule has 1 N–H and O–H groups in total. The van der Waals surface area contributed by atoms with Crippen LogP contribution in [0.5, 0.6) is 0 Å². The van der Waals surface area contributed by atoms with E-state index in [4.69, 9.17) is 0 Å². The van der Waals surface area contributed by atoms with E-state index in [1.54, 1.807) is 10.8 Å². The van der Waals surface area contributed by atoms with Crippen LogP contribution in [0, 0.1) is 13.8 Å². The van der Waals surface area contributed by atoms with Crippen LogP contribution in [-0.4, -0.2) is 28.1 Å². The average Bonchev–Trinajstić information content (AvgIpc) is 2.74. The van der Waals surface area contributed by atoms with Crippen molar-refractivity contribution in [2.75, 3.05) is 29.6 Å². The summed E-state index contributed by atoms with van der Waals surface area (Å²) in [5.41, 5.74) is 3.64. The van der Waals surface area contributed by atoms with E-state index < -0.39 is 10.8 Å². The maximum atomic E-state index is 12.9. The van der Waals surface area contributed by atoms with Gasteiger partial charge in [-0.25, -0.2) is 0 Å². The zero-order valence-corrected chi connectivity index (χ0v) is 20.5. The molecule has 0 amide bonds. The predicted molar refractivity (Wildman–Crippen MR) is 133 cm³/mol. The molecule has 0 aliphatic carbocycles. The second-order valence-electron chi connectivity index (χ2n) is 7.76. The van der Waals surface area contributed by atoms with Gasteiger partial charge in [0.2, 0.25) is 0 Å². The molecule has 168 valence electrons. The molecule has 6 heteroatoms. The molecular formula is C25H35N3O2S. The van der Waals surface area contributed by atoms with E-state index in [1.165, 1.54) is 0 Å². The Balaban J connectivity index is 2.68. The van der Waals surface area contributed by atoms with Gasteiger partial charge in [0.15, 0.2) is 0 Å². The van der Waals surface area contributed by atoms with Crippen molar-refractivity contribution in [3.63, 3.8) is 0 Å². The number of aryl methyl sites for hydroxylation is 2. The topological polar surface area (TPSA) is 54.3 Å². The first-order chi connectivity index (χ1) is 14.7. The lowest BCUT2D eigenvalue weighted by atomic mass is 10.1. The third kappa shape index (κ3) is 6.20. The van der Waals surface area contributed by atoms with E-state index in [1.807, 2.05) is 57.3 Å². The van der Waals surface area contributed by atoms with Crippen molar-refractivity contribution in [3.05, 3.63) is 75.6 Å². The highest BCUT2D eigenvalue weighted by Crippen LogP contribution is 2.24. The summed E-state index contributed by atoms with van der Waals surface area (Å²) < 4.78 is 13.9. The zero-order valence-electron chi connectivity index (χ0n) is 19.7. The van der Waals surface area contributed by atoms with Crippen LogP contribution in [-0.2, 0) is 17.8 Å². The third-order valence-corrected chi connectivity index (χ3v) is 6.38. The Morgan fingerprint density at radius 3 is 2.32 bits per heavy atom. The van der Waals surface area contributed by atoms with Gasteiger partial charge in [-0.3, -0.25) is 13.6 Å². The van der Waals surface area contributed by atoms with Gasteiger partial charge in [-0.05, 0) is 58.4 Å². The molecule has 0 aliphatic rings. The summed E-state index contributed by atoms with van der Waals surface area (Å²) in [5, 5.41) is 3.52. The Kier molecular flexibility index (Phi) is 8.87. The van der Waals surface area contributed by atoms with Gasteiger partial charge in [0.25, 0.3) is 5.56 Å². The minimum Gasteiger partial charge on any atom is -0.378 e. The number of aromatic nitrogens is 1. The van der Waals surface area contributed by atoms with Gasteiger partial charge in [-0.1, -0.05) is 35.9 Å². The predicted octanol–water partition coefficient (Wildman–Crippen LogP) is 4.88. The maximum Gasteiger partial charge on any atom is 0.254 e. The van der Waals surface area contributed by atoms with Gasteiger partial charge in [0.1, 0.15) is 5.82 Å². The molecule has 2 aromatic rings. The van der Waals surface area contributed by atoms with E-state index in [0.717, 1.165) is 40.6 Å². The monoisotopic (exact) mass is 441 g/mol. The molecule has 0 aliphatic heterocycles. The number of anilines is 2. The number of nitrogens with zero attached hydrogens (tertiary/aromatic N) is 2. The standard InChI is InChI=1S/C25H35N3O2S/c1-8-28(9-2)24-15-14-21(17-18(3)16-19(4)25(29)27(24)6)20(5)26-22-12-10-11-13-23(22)31(7)30/h10-17,20,26H,8-9H2,1-7H3. The van der Waals surface area contributed by atoms with Crippen LogP contribution in [0.25, 0.3) is 0 Å². The fourth-order valence-electron chi connectivity index (χ4n) is 3.69. The van der Waals surface area contributed by atoms with Crippen molar-refractivity contribution < 1.29 is 4.21 Å². The Labute approximate surface area is 188 Å². The molecule has 0 saturated heterocycles. The van der Waals surface area contributed by atoms with Gasteiger partial charge >= 0.3 is 0 Å². The lowest BCUT2D eigenvalue weighted by Crippen LogP contribution is -2.29. The summed E-state index contributed by atoms with van der Waals surface area (Å²) in [5.74, 6) is 0.871. The summed E-state index contributed by atoms with van der Waals surface area (Å²) in [6.07, 6.45) is 1.69. The SMILES string of the molecule is CCN(CC)c1ccc(C(C)Nc2ccccc2S(C)=O)cc(C)cc(C)c(=O)n1C. The molecule has 2 rings (SSSR count). The summed E-state index contributed by atoms with van der Waals surface area (Å²) in [6.45, 7) is 11.7. The van der Waals surface area contributed by atoms with Crippen LogP contribution >= 0.6 is 0 Å². The average molecular weight is 442 g/mol. The normalized spacial score (nSPS) is 12.6. The van der Waals surface area contributed by atoms with Gasteiger partial charge < -0.3 is 10.2 Å². The summed E-state index contributed by atoms with van der Waals surface area (Å²) >= 11 is 0. The fraction of sp³-hybridized carbons (Fsp3) is 0.400. The van der Waals surface area contributed by atoms with Crippen LogP contribution < -0.4 is 15.8 Å². The van der Waals surface area contributed by atoms with E-state index >= 15 is 0 Å². The molecule has 0 radical (unpaired) electrons. The minimum atomic E-state index is -1.08. The van der Waals surface area contributed by atoms with Crippen LogP contribution in [0.15, 0.2) is 58.2 Å². The zero-order chi connectivity index (χ0) is 23.1. The number of nitrogens with one attached hydrogen (secondary N) is 1. The van der Waals surface area contributed by atoms with Gasteiger partial charge in [-0.2, -0.15) is 0 Å². The maximum absolute atomic E-state index is 12.9. The second kappa shape index (κ2) is 11.1. The molecule has 1 aromatic carbocycles. The van der Waals surface area contributed by atoms with Crippen molar-refractivity contribution in [2.24, 2.45) is 7.05 Å². The first kappa shape index (κ1) is 24.7. The van der Waals surface area contributed by atoms with Crippen molar-refractivity contribution in [1.29, 1.82) is 0 Å². The first-order valence-electron chi connectivity index (χ1n) is 10.7. The number of benzene rings is 1. The van der Waals surface area contributed by atoms with Crippen LogP contribution in [0.3, 0.4) is 0 Å².